The Labute approximate surface area is 352 Å². The smallest absolute Gasteiger partial charge is 0.247 e. The highest BCUT2D eigenvalue weighted by molar-refractivity contribution is 6.00. The first kappa shape index (κ1) is 42.6. The second kappa shape index (κ2) is 19.6. The number of aromatic nitrogens is 2. The monoisotopic (exact) mass is 805 g/mol. The average Bonchev–Trinajstić information content (AvgIpc) is 3.79. The predicted molar refractivity (Wildman–Crippen MR) is 230 cm³/mol. The maximum atomic E-state index is 12.8. The summed E-state index contributed by atoms with van der Waals surface area (Å²) < 4.78 is 5.88. The highest BCUT2D eigenvalue weighted by atomic mass is 16.4. The molecule has 0 unspecified atom stereocenters. The summed E-state index contributed by atoms with van der Waals surface area (Å²) >= 11 is 0. The van der Waals surface area contributed by atoms with Gasteiger partial charge in [0.05, 0.1) is 67.0 Å². The van der Waals surface area contributed by atoms with E-state index in [9.17, 15) is 19.8 Å². The minimum absolute atomic E-state index is 0.203. The number of carbonyl (C=O) groups excluding carboxylic acids is 2. The fourth-order valence-electron chi connectivity index (χ4n) is 6.98. The summed E-state index contributed by atoms with van der Waals surface area (Å²) in [6.45, 7) is 17.8. The van der Waals surface area contributed by atoms with Crippen molar-refractivity contribution in [2.24, 2.45) is 5.92 Å². The molecule has 7 aromatic rings. The van der Waals surface area contributed by atoms with Gasteiger partial charge in [-0.2, -0.15) is 10.5 Å². The van der Waals surface area contributed by atoms with Crippen LogP contribution in [0.25, 0.3) is 42.7 Å². The number of benzene rings is 6. The molecule has 0 saturated heterocycles. The summed E-state index contributed by atoms with van der Waals surface area (Å²) in [5.74, 6) is -1.16. The first-order valence-electron chi connectivity index (χ1n) is 19.3. The van der Waals surface area contributed by atoms with Crippen LogP contribution in [0.15, 0.2) is 126 Å². The summed E-state index contributed by atoms with van der Waals surface area (Å²) in [6, 6.07) is 39.6. The van der Waals surface area contributed by atoms with Crippen molar-refractivity contribution in [1.82, 2.24) is 15.5 Å². The van der Waals surface area contributed by atoms with Gasteiger partial charge < -0.3 is 19.9 Å². The molecule has 0 fully saturated rings. The zero-order valence-corrected chi connectivity index (χ0v) is 33.3. The lowest BCUT2D eigenvalue weighted by molar-refractivity contribution is -0.127. The minimum Gasteiger partial charge on any atom is -0.420 e. The highest BCUT2D eigenvalue weighted by Gasteiger charge is 2.27. The third-order valence-corrected chi connectivity index (χ3v) is 10.4. The molecule has 3 N–H and O–H groups in total. The van der Waals surface area contributed by atoms with Gasteiger partial charge in [0.25, 0.3) is 0 Å². The summed E-state index contributed by atoms with van der Waals surface area (Å²) in [6.07, 6.45) is -0.874. The molecule has 300 valence electrons. The van der Waals surface area contributed by atoms with E-state index < -0.39 is 30.0 Å². The van der Waals surface area contributed by atoms with Gasteiger partial charge in [0.15, 0.2) is 17.2 Å². The van der Waals surface area contributed by atoms with E-state index in [0.29, 0.717) is 51.8 Å². The van der Waals surface area contributed by atoms with Gasteiger partial charge in [-0.15, -0.1) is 10.2 Å². The zero-order valence-electron chi connectivity index (χ0n) is 33.3. The maximum Gasteiger partial charge on any atom is 0.247 e. The molecule has 1 amide bonds. The van der Waals surface area contributed by atoms with Crippen LogP contribution in [0.2, 0.25) is 0 Å². The highest BCUT2D eigenvalue weighted by Crippen LogP contribution is 2.34. The number of aliphatic hydroxyl groups excluding tert-OH is 2. The average molecular weight is 806 g/mol. The quantitative estimate of drug-likeness (QED) is 0.0803. The Kier molecular flexibility index (Phi) is 13.7. The Morgan fingerprint density at radius 1 is 0.689 bits per heavy atom. The minimum atomic E-state index is -0.927. The third kappa shape index (κ3) is 10.0. The molecular weight excluding hydrogens is 767 g/mol. The van der Waals surface area contributed by atoms with Crippen LogP contribution in [0.3, 0.4) is 0 Å². The van der Waals surface area contributed by atoms with E-state index >= 15 is 0 Å². The molecule has 0 spiro atoms. The number of carbonyl (C=O) groups is 2. The predicted octanol–water partition coefficient (Wildman–Crippen LogP) is 8.82. The van der Waals surface area contributed by atoms with Gasteiger partial charge in [-0.1, -0.05) is 84.9 Å². The van der Waals surface area contributed by atoms with Crippen LogP contribution in [0.5, 0.6) is 0 Å². The lowest BCUT2D eigenvalue weighted by Crippen LogP contribution is -2.40. The lowest BCUT2D eigenvalue weighted by atomic mass is 9.90. The summed E-state index contributed by atoms with van der Waals surface area (Å²) in [7, 11) is 0. The molecule has 12 heteroatoms. The number of amides is 1. The number of nitriles is 2. The number of Topliss-reactive ketones (excluding diaryl/α,β-unsaturated/α-hetero) is 1. The molecule has 0 radical (unpaired) electrons. The molecule has 0 aliphatic carbocycles. The van der Waals surface area contributed by atoms with Crippen molar-refractivity contribution < 1.29 is 24.2 Å². The number of hydrogen-bond acceptors (Lipinski definition) is 9. The number of nitrogens with one attached hydrogen (secondary N) is 1. The van der Waals surface area contributed by atoms with E-state index in [4.69, 9.17) is 28.1 Å². The van der Waals surface area contributed by atoms with Crippen molar-refractivity contribution in [3.05, 3.63) is 178 Å². The second-order valence-electron chi connectivity index (χ2n) is 14.4. The molecule has 4 atom stereocenters. The largest absolute Gasteiger partial charge is 0.420 e. The van der Waals surface area contributed by atoms with Gasteiger partial charge in [0, 0.05) is 11.1 Å². The van der Waals surface area contributed by atoms with Crippen LogP contribution in [-0.4, -0.2) is 50.9 Å². The molecule has 0 aliphatic rings. The zero-order chi connectivity index (χ0) is 43.5. The van der Waals surface area contributed by atoms with Gasteiger partial charge >= 0.3 is 0 Å². The molecule has 7 rings (SSSR count). The molecule has 6 aromatic carbocycles. The van der Waals surface area contributed by atoms with Crippen molar-refractivity contribution in [2.75, 3.05) is 6.54 Å². The molecule has 1 heterocycles. The Morgan fingerprint density at radius 2 is 1.20 bits per heavy atom. The van der Waals surface area contributed by atoms with Gasteiger partial charge in [0.1, 0.15) is 0 Å². The first-order chi connectivity index (χ1) is 29.5. The number of hydrogen-bond donors (Lipinski definition) is 3. The molecule has 0 aliphatic heterocycles. The van der Waals surface area contributed by atoms with Gasteiger partial charge in [-0.05, 0) is 95.8 Å². The Balaban J connectivity index is 0.000000204. The topological polar surface area (TPSA) is 182 Å². The number of aliphatic hydroxyl groups is 2. The molecule has 0 bridgehead atoms. The van der Waals surface area contributed by atoms with Crippen LogP contribution >= 0.6 is 0 Å². The Morgan fingerprint density at radius 3 is 1.69 bits per heavy atom. The van der Waals surface area contributed by atoms with Crippen LogP contribution in [-0.2, 0) is 17.6 Å². The van der Waals surface area contributed by atoms with Crippen LogP contribution < -0.4 is 5.32 Å². The normalized spacial score (nSPS) is 12.6. The van der Waals surface area contributed by atoms with Crippen LogP contribution in [0, 0.1) is 41.7 Å². The van der Waals surface area contributed by atoms with E-state index in [1.165, 1.54) is 0 Å². The number of rotatable bonds is 12. The number of fused-ring (bicyclic) bond motifs is 2. The number of ketones is 1. The Bertz CT molecular complexity index is 2870. The standard InChI is InChI=1S/C25H21N3O3.C24H18N4O2/c1-16(29)22(13-19-11-12-23(27-2)21-6-4-3-5-20(19)21)25(31)28-15-24(30)18-9-7-17(14-26)8-10-18;1-15(29)21(13-18-11-12-22(26-2)20-6-4-3-5-19(18)20)24-28-27-23(30-24)17-9-7-16(14-25)8-10-17/h3-12,16,22,29H,13,15H2,1H3,(H,28,31);3-12,15,21,29H,13H2,1H3/t16-,22-;15-,21-/m11/s1. The molecule has 1 aromatic heterocycles. The van der Waals surface area contributed by atoms with Gasteiger partial charge in [-0.3, -0.25) is 9.59 Å². The van der Waals surface area contributed by atoms with Gasteiger partial charge in [0.2, 0.25) is 17.7 Å². The van der Waals surface area contributed by atoms with Crippen molar-refractivity contribution in [2.45, 2.75) is 44.8 Å². The SMILES string of the molecule is [C-]#[N+]c1ccc(C[C@@H](C(=O)NCC(=O)c2ccc(C#N)cc2)[C@@H](C)O)c2ccccc12.[C-]#[N+]c1ccc(C[C@@H](c2nnc(-c3ccc(C#N)cc3)o2)[C@@H](C)O)c2ccccc12. The summed E-state index contributed by atoms with van der Waals surface area (Å²) in [4.78, 5) is 32.3. The summed E-state index contributed by atoms with van der Waals surface area (Å²) in [5, 5.41) is 52.9. The second-order valence-corrected chi connectivity index (χ2v) is 14.4. The number of nitrogens with zero attached hydrogens (tertiary/aromatic N) is 6. The van der Waals surface area contributed by atoms with E-state index in [0.717, 1.165) is 32.7 Å². The third-order valence-electron chi connectivity index (χ3n) is 10.4. The van der Waals surface area contributed by atoms with Crippen molar-refractivity contribution in [3.8, 4) is 23.6 Å². The first-order valence-corrected chi connectivity index (χ1v) is 19.3. The summed E-state index contributed by atoms with van der Waals surface area (Å²) in [5.41, 5.74) is 5.10. The fraction of sp³-hybridized carbons (Fsp3) is 0.184. The lowest BCUT2D eigenvalue weighted by Gasteiger charge is -2.20. The van der Waals surface area contributed by atoms with Gasteiger partial charge in [-0.25, -0.2) is 9.69 Å². The Hall–Kier alpha value is -8.00. The van der Waals surface area contributed by atoms with Crippen molar-refractivity contribution in [3.63, 3.8) is 0 Å². The van der Waals surface area contributed by atoms with Crippen LogP contribution in [0.1, 0.15) is 58.3 Å². The molecule has 12 nitrogen and oxygen atoms in total. The van der Waals surface area contributed by atoms with Crippen LogP contribution in [0.4, 0.5) is 11.4 Å². The van der Waals surface area contributed by atoms with E-state index in [-0.39, 0.29) is 18.7 Å². The van der Waals surface area contributed by atoms with E-state index in [1.54, 1.807) is 80.6 Å². The van der Waals surface area contributed by atoms with Crippen molar-refractivity contribution >= 4 is 44.6 Å². The maximum absolute atomic E-state index is 12.8. The molecule has 0 saturated carbocycles. The van der Waals surface area contributed by atoms with E-state index in [1.807, 2.05) is 60.7 Å². The molecular formula is C49H39N7O5. The van der Waals surface area contributed by atoms with E-state index in [2.05, 4.69) is 31.3 Å². The molecule has 61 heavy (non-hydrogen) atoms. The van der Waals surface area contributed by atoms with Crippen molar-refractivity contribution in [1.29, 1.82) is 10.5 Å². The fourth-order valence-corrected chi connectivity index (χ4v) is 6.98.